The van der Waals surface area contributed by atoms with Gasteiger partial charge in [0.25, 0.3) is 5.69 Å². The smallest absolute Gasteiger partial charge is 0.271 e. The van der Waals surface area contributed by atoms with Gasteiger partial charge in [-0.15, -0.1) is 0 Å². The molecule has 1 aromatic carbocycles. The molecule has 7 heteroatoms. The van der Waals surface area contributed by atoms with Crippen LogP contribution in [0.25, 0.3) is 6.08 Å². The molecule has 0 aliphatic heterocycles. The van der Waals surface area contributed by atoms with Crippen molar-refractivity contribution >= 4 is 34.4 Å². The van der Waals surface area contributed by atoms with Gasteiger partial charge in [0, 0.05) is 17.7 Å². The average Bonchev–Trinajstić information content (AvgIpc) is 2.30. The second-order valence-corrected chi connectivity index (χ2v) is 4.07. The lowest BCUT2D eigenvalue weighted by atomic mass is 10.1. The Morgan fingerprint density at radius 2 is 2.06 bits per heavy atom. The van der Waals surface area contributed by atoms with Crippen molar-refractivity contribution in [3.8, 4) is 17.9 Å². The van der Waals surface area contributed by atoms with Crippen LogP contribution in [-0.4, -0.2) is 10.0 Å². The molecule has 84 valence electrons. The number of hydrogen-bond acceptors (Lipinski definition) is 5. The lowest BCUT2D eigenvalue weighted by molar-refractivity contribution is -0.385. The molecule has 0 aromatic heterocycles. The van der Waals surface area contributed by atoms with Gasteiger partial charge in [0.15, 0.2) is 0 Å². The largest absolute Gasteiger partial charge is 0.506 e. The van der Waals surface area contributed by atoms with Crippen molar-refractivity contribution in [3.05, 3.63) is 37.0 Å². The van der Waals surface area contributed by atoms with E-state index in [1.54, 1.807) is 34.7 Å². The number of nitro benzene ring substituents is 1. The van der Waals surface area contributed by atoms with Crippen LogP contribution in [0.2, 0.25) is 0 Å². The first-order valence-corrected chi connectivity index (χ1v) is 5.26. The molecule has 0 amide bonds. The summed E-state index contributed by atoms with van der Waals surface area (Å²) in [6.07, 6.45) is 1.10. The first-order valence-electron chi connectivity index (χ1n) is 4.18. The molecule has 0 unspecified atom stereocenters. The van der Waals surface area contributed by atoms with Crippen LogP contribution in [0.5, 0.6) is 5.75 Å². The number of nitrogens with zero attached hydrogens (tertiary/aromatic N) is 3. The van der Waals surface area contributed by atoms with Crippen LogP contribution >= 0.6 is 22.6 Å². The Labute approximate surface area is 110 Å². The van der Waals surface area contributed by atoms with Crippen molar-refractivity contribution in [2.24, 2.45) is 0 Å². The summed E-state index contributed by atoms with van der Waals surface area (Å²) in [6, 6.07) is 5.53. The maximum atomic E-state index is 10.6. The summed E-state index contributed by atoms with van der Waals surface area (Å²) < 4.78 is 0.276. The summed E-state index contributed by atoms with van der Waals surface area (Å²) in [5.41, 5.74) is -0.382. The third kappa shape index (κ3) is 2.92. The molecule has 0 atom stereocenters. The van der Waals surface area contributed by atoms with Gasteiger partial charge in [0.2, 0.25) is 0 Å². The van der Waals surface area contributed by atoms with Gasteiger partial charge < -0.3 is 5.11 Å². The molecule has 0 spiro atoms. The summed E-state index contributed by atoms with van der Waals surface area (Å²) in [4.78, 5) is 10.00. The molecule has 1 aromatic rings. The molecular weight excluding hydrogens is 337 g/mol. The number of rotatable bonds is 2. The minimum absolute atomic E-state index is 0.0710. The first kappa shape index (κ1) is 12.9. The minimum atomic E-state index is -0.614. The zero-order valence-electron chi connectivity index (χ0n) is 8.22. The third-order valence-corrected chi connectivity index (χ3v) is 2.65. The van der Waals surface area contributed by atoms with Crippen molar-refractivity contribution in [3.63, 3.8) is 0 Å². The zero-order chi connectivity index (χ0) is 13.0. The highest BCUT2D eigenvalue weighted by Crippen LogP contribution is 2.30. The molecule has 0 saturated heterocycles. The molecule has 0 fully saturated rings. The Morgan fingerprint density at radius 1 is 1.47 bits per heavy atom. The van der Waals surface area contributed by atoms with E-state index >= 15 is 0 Å². The van der Waals surface area contributed by atoms with Crippen LogP contribution in [0.4, 0.5) is 5.69 Å². The number of aromatic hydroxyl groups is 1. The number of halogens is 1. The van der Waals surface area contributed by atoms with E-state index in [0.29, 0.717) is 0 Å². The van der Waals surface area contributed by atoms with E-state index in [0.717, 1.165) is 12.1 Å². The molecule has 6 nitrogen and oxygen atoms in total. The number of nitro groups is 1. The molecule has 0 aliphatic rings. The fourth-order valence-electron chi connectivity index (χ4n) is 1.07. The number of nitriles is 2. The van der Waals surface area contributed by atoms with E-state index in [9.17, 15) is 15.2 Å². The molecule has 0 saturated carbocycles. The Hall–Kier alpha value is -2.13. The molecular formula is C10H4IN3O3. The summed E-state index contributed by atoms with van der Waals surface area (Å²) in [7, 11) is 0. The number of phenolic OH excluding ortho intramolecular Hbond substituents is 1. The van der Waals surface area contributed by atoms with Crippen LogP contribution < -0.4 is 0 Å². The fourth-order valence-corrected chi connectivity index (χ4v) is 1.70. The fraction of sp³-hybridized carbons (Fsp3) is 0. The van der Waals surface area contributed by atoms with E-state index in [4.69, 9.17) is 10.5 Å². The Kier molecular flexibility index (Phi) is 4.01. The topological polar surface area (TPSA) is 111 Å². The second kappa shape index (κ2) is 5.27. The van der Waals surface area contributed by atoms with Gasteiger partial charge in [-0.05, 0) is 28.7 Å². The van der Waals surface area contributed by atoms with Gasteiger partial charge in [0.1, 0.15) is 23.5 Å². The summed E-state index contributed by atoms with van der Waals surface area (Å²) in [5, 5.41) is 37.4. The molecule has 1 N–H and O–H groups in total. The Balaban J connectivity index is 3.45. The van der Waals surface area contributed by atoms with E-state index in [1.165, 1.54) is 6.07 Å². The lowest BCUT2D eigenvalue weighted by Gasteiger charge is -2.02. The predicted octanol–water partition coefficient (Wildman–Crippen LogP) is 2.34. The van der Waals surface area contributed by atoms with E-state index in [1.807, 2.05) is 0 Å². The van der Waals surface area contributed by atoms with Gasteiger partial charge in [-0.3, -0.25) is 10.1 Å². The normalized spacial score (nSPS) is 8.88. The van der Waals surface area contributed by atoms with E-state index in [-0.39, 0.29) is 26.1 Å². The lowest BCUT2D eigenvalue weighted by Crippen LogP contribution is -1.91. The Morgan fingerprint density at radius 3 is 2.53 bits per heavy atom. The predicted molar refractivity (Wildman–Crippen MR) is 66.7 cm³/mol. The first-order chi connectivity index (χ1) is 7.99. The van der Waals surface area contributed by atoms with Crippen LogP contribution in [0.15, 0.2) is 17.7 Å². The van der Waals surface area contributed by atoms with E-state index < -0.39 is 4.92 Å². The molecule has 0 aliphatic carbocycles. The highest BCUT2D eigenvalue weighted by atomic mass is 127. The van der Waals surface area contributed by atoms with E-state index in [2.05, 4.69) is 0 Å². The number of benzene rings is 1. The quantitative estimate of drug-likeness (QED) is 0.384. The number of non-ortho nitro benzene ring substituents is 1. The van der Waals surface area contributed by atoms with Crippen molar-refractivity contribution < 1.29 is 10.0 Å². The van der Waals surface area contributed by atoms with Crippen LogP contribution in [-0.2, 0) is 0 Å². The summed E-state index contributed by atoms with van der Waals surface area (Å²) in [5.74, 6) is -0.195. The maximum Gasteiger partial charge on any atom is 0.271 e. The molecule has 0 heterocycles. The Bertz CT molecular complexity index is 580. The summed E-state index contributed by atoms with van der Waals surface area (Å²) >= 11 is 1.73. The van der Waals surface area contributed by atoms with Gasteiger partial charge in [0.05, 0.1) is 8.49 Å². The van der Waals surface area contributed by atoms with Crippen LogP contribution in [0.1, 0.15) is 5.56 Å². The number of allylic oxidation sites excluding steroid dienone is 1. The number of phenols is 1. The molecule has 1 rings (SSSR count). The molecule has 0 bridgehead atoms. The standard InChI is InChI=1S/C10H4IN3O3/c11-9-3-8(14(16)17)2-7(10(9)15)1-6(4-12)5-13/h1-3,15H. The molecule has 0 radical (unpaired) electrons. The highest BCUT2D eigenvalue weighted by molar-refractivity contribution is 14.1. The van der Waals surface area contributed by atoms with Gasteiger partial charge >= 0.3 is 0 Å². The van der Waals surface area contributed by atoms with Gasteiger partial charge in [-0.1, -0.05) is 0 Å². The number of hydrogen-bond donors (Lipinski definition) is 1. The van der Waals surface area contributed by atoms with Crippen LogP contribution in [0, 0.1) is 36.3 Å². The maximum absolute atomic E-state index is 10.6. The van der Waals surface area contributed by atoms with Crippen molar-refractivity contribution in [1.29, 1.82) is 10.5 Å². The van der Waals surface area contributed by atoms with Gasteiger partial charge in [-0.25, -0.2) is 0 Å². The minimum Gasteiger partial charge on any atom is -0.506 e. The summed E-state index contributed by atoms with van der Waals surface area (Å²) in [6.45, 7) is 0. The highest BCUT2D eigenvalue weighted by Gasteiger charge is 2.13. The van der Waals surface area contributed by atoms with Crippen molar-refractivity contribution in [2.45, 2.75) is 0 Å². The van der Waals surface area contributed by atoms with Gasteiger partial charge in [-0.2, -0.15) is 10.5 Å². The third-order valence-electron chi connectivity index (χ3n) is 1.83. The average molecular weight is 341 g/mol. The van der Waals surface area contributed by atoms with Crippen molar-refractivity contribution in [1.82, 2.24) is 0 Å². The zero-order valence-corrected chi connectivity index (χ0v) is 10.4. The monoisotopic (exact) mass is 341 g/mol. The van der Waals surface area contributed by atoms with Crippen LogP contribution in [0.3, 0.4) is 0 Å². The second-order valence-electron chi connectivity index (χ2n) is 2.90. The van der Waals surface area contributed by atoms with Crippen molar-refractivity contribution in [2.75, 3.05) is 0 Å². The SMILES string of the molecule is N#CC(C#N)=Cc1cc([N+](=O)[O-])cc(I)c1O. The molecule has 17 heavy (non-hydrogen) atoms.